The van der Waals surface area contributed by atoms with Crippen molar-refractivity contribution in [2.75, 3.05) is 5.84 Å². The number of nitrogens with one attached hydrogen (secondary N) is 1. The standard InChI is InChI=1S/C7H11N3O/c8-7-10(9)5-3-1-2-4-6(5)11-7/h8H,1-4,9H2. The van der Waals surface area contributed by atoms with Crippen LogP contribution in [0, 0.1) is 5.41 Å². The van der Waals surface area contributed by atoms with Gasteiger partial charge in [0.2, 0.25) is 0 Å². The molecule has 0 fully saturated rings. The van der Waals surface area contributed by atoms with Crippen molar-refractivity contribution in [2.45, 2.75) is 25.7 Å². The second-order valence-corrected chi connectivity index (χ2v) is 2.85. The van der Waals surface area contributed by atoms with Crippen molar-refractivity contribution in [2.24, 2.45) is 0 Å². The third kappa shape index (κ3) is 0.859. The number of rotatable bonds is 0. The highest BCUT2D eigenvalue weighted by Crippen LogP contribution is 2.18. The van der Waals surface area contributed by atoms with Crippen molar-refractivity contribution < 1.29 is 4.42 Å². The van der Waals surface area contributed by atoms with E-state index < -0.39 is 0 Å². The number of aromatic nitrogens is 1. The minimum absolute atomic E-state index is 0.0666. The van der Waals surface area contributed by atoms with Crippen LogP contribution in [0.4, 0.5) is 0 Å². The smallest absolute Gasteiger partial charge is 0.313 e. The number of nitrogens with two attached hydrogens (primary N) is 1. The van der Waals surface area contributed by atoms with E-state index in [1.165, 1.54) is 4.68 Å². The van der Waals surface area contributed by atoms with Crippen LogP contribution in [0.15, 0.2) is 4.42 Å². The van der Waals surface area contributed by atoms with Crippen molar-refractivity contribution in [3.8, 4) is 0 Å². The molecule has 2 rings (SSSR count). The zero-order valence-corrected chi connectivity index (χ0v) is 6.26. The molecule has 1 aliphatic rings. The molecule has 60 valence electrons. The maximum Gasteiger partial charge on any atom is 0.313 e. The number of oxazole rings is 1. The van der Waals surface area contributed by atoms with Gasteiger partial charge in [-0.3, -0.25) is 0 Å². The fourth-order valence-electron chi connectivity index (χ4n) is 1.51. The first-order valence-electron chi connectivity index (χ1n) is 3.82. The third-order valence-corrected chi connectivity index (χ3v) is 2.12. The van der Waals surface area contributed by atoms with Gasteiger partial charge in [-0.05, 0) is 19.3 Å². The van der Waals surface area contributed by atoms with E-state index in [-0.39, 0.29) is 5.68 Å². The molecule has 1 aliphatic carbocycles. The molecule has 0 bridgehead atoms. The Balaban J connectivity index is 2.59. The molecule has 0 saturated heterocycles. The van der Waals surface area contributed by atoms with Gasteiger partial charge in [-0.1, -0.05) is 0 Å². The minimum Gasteiger partial charge on any atom is -0.427 e. The Morgan fingerprint density at radius 2 is 2.09 bits per heavy atom. The van der Waals surface area contributed by atoms with Crippen LogP contribution in [0.3, 0.4) is 0 Å². The Morgan fingerprint density at radius 3 is 2.82 bits per heavy atom. The molecular formula is C7H11N3O. The highest BCUT2D eigenvalue weighted by molar-refractivity contribution is 5.12. The van der Waals surface area contributed by atoms with E-state index >= 15 is 0 Å². The van der Waals surface area contributed by atoms with Crippen LogP contribution < -0.4 is 11.5 Å². The van der Waals surface area contributed by atoms with Crippen LogP contribution in [-0.4, -0.2) is 4.68 Å². The van der Waals surface area contributed by atoms with Crippen molar-refractivity contribution in [1.29, 1.82) is 5.41 Å². The van der Waals surface area contributed by atoms with Crippen LogP contribution in [0.5, 0.6) is 0 Å². The Hall–Kier alpha value is -1.19. The molecule has 0 amide bonds. The van der Waals surface area contributed by atoms with Crippen molar-refractivity contribution in [3.63, 3.8) is 0 Å². The predicted octanol–water partition coefficient (Wildman–Crippen LogP) is 0.153. The first-order valence-corrected chi connectivity index (χ1v) is 3.82. The maximum absolute atomic E-state index is 7.29. The van der Waals surface area contributed by atoms with E-state index in [1.807, 2.05) is 0 Å². The normalized spacial score (nSPS) is 16.4. The molecule has 0 radical (unpaired) electrons. The lowest BCUT2D eigenvalue weighted by Crippen LogP contribution is -2.25. The van der Waals surface area contributed by atoms with Crippen molar-refractivity contribution in [3.05, 3.63) is 17.1 Å². The fraction of sp³-hybridized carbons (Fsp3) is 0.571. The predicted molar refractivity (Wildman–Crippen MR) is 39.3 cm³/mol. The van der Waals surface area contributed by atoms with E-state index in [4.69, 9.17) is 15.7 Å². The minimum atomic E-state index is 0.0666. The van der Waals surface area contributed by atoms with Crippen molar-refractivity contribution in [1.82, 2.24) is 4.68 Å². The highest BCUT2D eigenvalue weighted by Gasteiger charge is 2.16. The lowest BCUT2D eigenvalue weighted by atomic mass is 10.0. The summed E-state index contributed by atoms with van der Waals surface area (Å²) >= 11 is 0. The molecule has 0 atom stereocenters. The summed E-state index contributed by atoms with van der Waals surface area (Å²) in [5.41, 5.74) is 1.07. The van der Waals surface area contributed by atoms with Crippen LogP contribution in [0.1, 0.15) is 24.3 Å². The summed E-state index contributed by atoms with van der Waals surface area (Å²) in [4.78, 5) is 0. The van der Waals surface area contributed by atoms with Gasteiger partial charge in [0.1, 0.15) is 5.76 Å². The topological polar surface area (TPSA) is 67.9 Å². The first-order chi connectivity index (χ1) is 5.29. The molecule has 11 heavy (non-hydrogen) atoms. The summed E-state index contributed by atoms with van der Waals surface area (Å²) in [5.74, 6) is 6.47. The third-order valence-electron chi connectivity index (χ3n) is 2.12. The lowest BCUT2D eigenvalue weighted by molar-refractivity contribution is 0.426. The number of aryl methyl sites for hydroxylation is 1. The summed E-state index contributed by atoms with van der Waals surface area (Å²) < 4.78 is 6.48. The van der Waals surface area contributed by atoms with Crippen LogP contribution in [0.25, 0.3) is 0 Å². The summed E-state index contributed by atoms with van der Waals surface area (Å²) in [5, 5.41) is 7.29. The van der Waals surface area contributed by atoms with Gasteiger partial charge in [0.15, 0.2) is 0 Å². The Morgan fingerprint density at radius 1 is 1.36 bits per heavy atom. The van der Waals surface area contributed by atoms with Gasteiger partial charge in [-0.15, -0.1) is 0 Å². The largest absolute Gasteiger partial charge is 0.427 e. The highest BCUT2D eigenvalue weighted by atomic mass is 16.4. The van der Waals surface area contributed by atoms with E-state index in [0.29, 0.717) is 0 Å². The van der Waals surface area contributed by atoms with Gasteiger partial charge in [0.05, 0.1) is 5.69 Å². The van der Waals surface area contributed by atoms with Crippen molar-refractivity contribution >= 4 is 0 Å². The average molecular weight is 153 g/mol. The molecule has 0 spiro atoms. The molecule has 0 saturated carbocycles. The van der Waals surface area contributed by atoms with E-state index in [1.54, 1.807) is 0 Å². The van der Waals surface area contributed by atoms with Crippen LogP contribution >= 0.6 is 0 Å². The second kappa shape index (κ2) is 2.15. The second-order valence-electron chi connectivity index (χ2n) is 2.85. The zero-order chi connectivity index (χ0) is 7.84. The Kier molecular flexibility index (Phi) is 1.27. The van der Waals surface area contributed by atoms with Gasteiger partial charge < -0.3 is 10.3 Å². The molecule has 4 heteroatoms. The van der Waals surface area contributed by atoms with E-state index in [0.717, 1.165) is 37.1 Å². The molecular weight excluding hydrogens is 142 g/mol. The van der Waals surface area contributed by atoms with Gasteiger partial charge in [-0.2, -0.15) is 0 Å². The molecule has 0 aliphatic heterocycles. The number of nitrogen functional groups attached to an aromatic ring is 1. The summed E-state index contributed by atoms with van der Waals surface area (Å²) in [6.07, 6.45) is 4.20. The quantitative estimate of drug-likeness (QED) is 0.521. The Labute approximate surface area is 64.1 Å². The monoisotopic (exact) mass is 153 g/mol. The van der Waals surface area contributed by atoms with Gasteiger partial charge >= 0.3 is 5.68 Å². The summed E-state index contributed by atoms with van der Waals surface area (Å²) in [6.45, 7) is 0. The molecule has 0 unspecified atom stereocenters. The average Bonchev–Trinajstić information content (AvgIpc) is 2.30. The van der Waals surface area contributed by atoms with Crippen LogP contribution in [0.2, 0.25) is 0 Å². The SMILES string of the molecule is N=c1oc2c(n1N)CCCC2. The number of nitrogens with zero attached hydrogens (tertiary/aromatic N) is 1. The number of hydrogen-bond donors (Lipinski definition) is 2. The van der Waals surface area contributed by atoms with Gasteiger partial charge in [0, 0.05) is 6.42 Å². The number of fused-ring (bicyclic) bond motifs is 1. The van der Waals surface area contributed by atoms with Crippen LogP contribution in [-0.2, 0) is 12.8 Å². The lowest BCUT2D eigenvalue weighted by Gasteiger charge is -2.08. The molecule has 3 N–H and O–H groups in total. The molecule has 0 aromatic carbocycles. The molecule has 1 aromatic heterocycles. The summed E-state index contributed by atoms with van der Waals surface area (Å²) in [6, 6.07) is 0. The van der Waals surface area contributed by atoms with E-state index in [2.05, 4.69) is 0 Å². The van der Waals surface area contributed by atoms with Gasteiger partial charge in [-0.25, -0.2) is 10.1 Å². The Bertz CT molecular complexity index is 323. The zero-order valence-electron chi connectivity index (χ0n) is 6.26. The summed E-state index contributed by atoms with van der Waals surface area (Å²) in [7, 11) is 0. The first kappa shape index (κ1) is 6.52. The fourth-order valence-corrected chi connectivity index (χ4v) is 1.51. The molecule has 4 nitrogen and oxygen atoms in total. The molecule has 1 aromatic rings. The number of hydrogen-bond acceptors (Lipinski definition) is 3. The van der Waals surface area contributed by atoms with Gasteiger partial charge in [0.25, 0.3) is 0 Å². The molecule has 1 heterocycles. The maximum atomic E-state index is 7.29. The van der Waals surface area contributed by atoms with E-state index in [9.17, 15) is 0 Å².